The molecule has 3 N–H and O–H groups in total. The molecule has 0 aliphatic heterocycles. The lowest BCUT2D eigenvalue weighted by atomic mass is 10.3. The van der Waals surface area contributed by atoms with Gasteiger partial charge < -0.3 is 11.1 Å². The number of nitrogens with one attached hydrogen (secondary N) is 1. The van der Waals surface area contributed by atoms with Crippen LogP contribution in [0.5, 0.6) is 0 Å². The fourth-order valence-electron chi connectivity index (χ4n) is 1.07. The quantitative estimate of drug-likeness (QED) is 0.739. The van der Waals surface area contributed by atoms with Crippen molar-refractivity contribution in [3.8, 4) is 0 Å². The Labute approximate surface area is 83.3 Å². The zero-order chi connectivity index (χ0) is 10.6. The van der Waals surface area contributed by atoms with Crippen molar-refractivity contribution >= 4 is 11.7 Å². The molecule has 14 heavy (non-hydrogen) atoms. The molecule has 0 saturated carbocycles. The second-order valence-corrected chi connectivity index (χ2v) is 3.22. The summed E-state index contributed by atoms with van der Waals surface area (Å²) in [7, 11) is 0. The SMILES string of the molecule is CCCn1nccc1NC(=O)C(C)N. The van der Waals surface area contributed by atoms with Crippen molar-refractivity contribution in [2.45, 2.75) is 32.9 Å². The number of carbonyl (C=O) groups excluding carboxylic acids is 1. The van der Waals surface area contributed by atoms with Gasteiger partial charge in [-0.15, -0.1) is 0 Å². The van der Waals surface area contributed by atoms with Crippen molar-refractivity contribution in [3.63, 3.8) is 0 Å². The predicted octanol–water partition coefficient (Wildman–Crippen LogP) is 0.579. The highest BCUT2D eigenvalue weighted by Gasteiger charge is 2.09. The lowest BCUT2D eigenvalue weighted by Crippen LogP contribution is -2.33. The summed E-state index contributed by atoms with van der Waals surface area (Å²) in [5.41, 5.74) is 5.43. The van der Waals surface area contributed by atoms with Gasteiger partial charge in [-0.1, -0.05) is 6.92 Å². The number of aromatic nitrogens is 2. The summed E-state index contributed by atoms with van der Waals surface area (Å²) in [6.45, 7) is 4.50. The summed E-state index contributed by atoms with van der Waals surface area (Å²) in [6, 6.07) is 1.26. The first kappa shape index (κ1) is 10.7. The van der Waals surface area contributed by atoms with Crippen molar-refractivity contribution in [1.29, 1.82) is 0 Å². The van der Waals surface area contributed by atoms with E-state index in [4.69, 9.17) is 5.73 Å². The summed E-state index contributed by atoms with van der Waals surface area (Å²) in [4.78, 5) is 11.3. The van der Waals surface area contributed by atoms with Crippen molar-refractivity contribution < 1.29 is 4.79 Å². The van der Waals surface area contributed by atoms with Crippen molar-refractivity contribution in [2.24, 2.45) is 5.73 Å². The summed E-state index contributed by atoms with van der Waals surface area (Å²) in [5, 5.41) is 6.79. The Balaban J connectivity index is 2.66. The van der Waals surface area contributed by atoms with Crippen LogP contribution in [0.3, 0.4) is 0 Å². The van der Waals surface area contributed by atoms with E-state index < -0.39 is 6.04 Å². The molecule has 1 amide bonds. The minimum atomic E-state index is -0.500. The number of rotatable bonds is 4. The minimum absolute atomic E-state index is 0.192. The summed E-state index contributed by atoms with van der Waals surface area (Å²) in [5.74, 6) is 0.511. The Morgan fingerprint density at radius 3 is 3.07 bits per heavy atom. The predicted molar refractivity (Wildman–Crippen MR) is 54.8 cm³/mol. The molecule has 0 fully saturated rings. The second-order valence-electron chi connectivity index (χ2n) is 3.22. The number of nitrogens with zero attached hydrogens (tertiary/aromatic N) is 2. The van der Waals surface area contributed by atoms with Crippen LogP contribution in [0.15, 0.2) is 12.3 Å². The average Bonchev–Trinajstić information content (AvgIpc) is 2.53. The summed E-state index contributed by atoms with van der Waals surface area (Å²) >= 11 is 0. The van der Waals surface area contributed by atoms with Crippen LogP contribution in [0.4, 0.5) is 5.82 Å². The number of hydrogen-bond acceptors (Lipinski definition) is 3. The molecule has 0 spiro atoms. The third kappa shape index (κ3) is 2.56. The molecular weight excluding hydrogens is 180 g/mol. The molecule has 1 aromatic rings. The van der Waals surface area contributed by atoms with E-state index in [0.29, 0.717) is 5.82 Å². The van der Waals surface area contributed by atoms with E-state index in [1.807, 2.05) is 0 Å². The third-order valence-corrected chi connectivity index (χ3v) is 1.82. The normalized spacial score (nSPS) is 12.5. The molecule has 5 nitrogen and oxygen atoms in total. The first-order valence-corrected chi connectivity index (χ1v) is 4.73. The Bertz CT molecular complexity index is 306. The lowest BCUT2D eigenvalue weighted by Gasteiger charge is -2.09. The molecule has 1 atom stereocenters. The molecule has 1 heterocycles. The van der Waals surface area contributed by atoms with Crippen LogP contribution in [-0.4, -0.2) is 21.7 Å². The number of aryl methyl sites for hydroxylation is 1. The van der Waals surface area contributed by atoms with Gasteiger partial charge in [0.15, 0.2) is 0 Å². The smallest absolute Gasteiger partial charge is 0.242 e. The Morgan fingerprint density at radius 2 is 2.50 bits per heavy atom. The molecule has 0 aromatic carbocycles. The fourth-order valence-corrected chi connectivity index (χ4v) is 1.07. The molecule has 0 aliphatic rings. The van der Waals surface area contributed by atoms with E-state index in [9.17, 15) is 4.79 Å². The Kier molecular flexibility index (Phi) is 3.64. The van der Waals surface area contributed by atoms with Gasteiger partial charge in [-0.25, -0.2) is 4.68 Å². The van der Waals surface area contributed by atoms with Gasteiger partial charge in [0.1, 0.15) is 5.82 Å². The highest BCUT2D eigenvalue weighted by Crippen LogP contribution is 2.06. The van der Waals surface area contributed by atoms with Gasteiger partial charge in [0.2, 0.25) is 5.91 Å². The molecule has 1 aromatic heterocycles. The zero-order valence-electron chi connectivity index (χ0n) is 8.53. The van der Waals surface area contributed by atoms with E-state index >= 15 is 0 Å². The van der Waals surface area contributed by atoms with Crippen molar-refractivity contribution in [1.82, 2.24) is 9.78 Å². The van der Waals surface area contributed by atoms with E-state index in [0.717, 1.165) is 13.0 Å². The number of nitrogens with two attached hydrogens (primary N) is 1. The molecule has 0 radical (unpaired) electrons. The Morgan fingerprint density at radius 1 is 1.79 bits per heavy atom. The molecule has 78 valence electrons. The monoisotopic (exact) mass is 196 g/mol. The standard InChI is InChI=1S/C9H16N4O/c1-3-6-13-8(4-5-11-13)12-9(14)7(2)10/h4-5,7H,3,6,10H2,1-2H3,(H,12,14). The van der Waals surface area contributed by atoms with Crippen LogP contribution in [-0.2, 0) is 11.3 Å². The van der Waals surface area contributed by atoms with Crippen molar-refractivity contribution in [3.05, 3.63) is 12.3 Å². The molecule has 0 saturated heterocycles. The van der Waals surface area contributed by atoms with Crippen LogP contribution in [0.1, 0.15) is 20.3 Å². The molecule has 1 rings (SSSR count). The zero-order valence-corrected chi connectivity index (χ0v) is 8.53. The summed E-state index contributed by atoms with van der Waals surface area (Å²) < 4.78 is 1.75. The number of hydrogen-bond donors (Lipinski definition) is 2. The van der Waals surface area contributed by atoms with Crippen LogP contribution >= 0.6 is 0 Å². The molecule has 0 bridgehead atoms. The van der Waals surface area contributed by atoms with Crippen LogP contribution in [0, 0.1) is 0 Å². The van der Waals surface area contributed by atoms with Gasteiger partial charge in [-0.3, -0.25) is 4.79 Å². The van der Waals surface area contributed by atoms with Gasteiger partial charge >= 0.3 is 0 Å². The number of anilines is 1. The topological polar surface area (TPSA) is 72.9 Å². The highest BCUT2D eigenvalue weighted by atomic mass is 16.2. The van der Waals surface area contributed by atoms with Crippen LogP contribution < -0.4 is 11.1 Å². The number of amides is 1. The van der Waals surface area contributed by atoms with E-state index in [1.54, 1.807) is 23.9 Å². The molecule has 1 unspecified atom stereocenters. The van der Waals surface area contributed by atoms with E-state index in [-0.39, 0.29) is 5.91 Å². The maximum absolute atomic E-state index is 11.3. The van der Waals surface area contributed by atoms with Crippen LogP contribution in [0.2, 0.25) is 0 Å². The largest absolute Gasteiger partial charge is 0.320 e. The van der Waals surface area contributed by atoms with Gasteiger partial charge in [0, 0.05) is 12.6 Å². The highest BCUT2D eigenvalue weighted by molar-refractivity contribution is 5.93. The second kappa shape index (κ2) is 4.76. The molecular formula is C9H16N4O. The first-order valence-electron chi connectivity index (χ1n) is 4.73. The first-order chi connectivity index (χ1) is 6.65. The van der Waals surface area contributed by atoms with Gasteiger partial charge in [-0.05, 0) is 13.3 Å². The Hall–Kier alpha value is -1.36. The van der Waals surface area contributed by atoms with E-state index in [2.05, 4.69) is 17.3 Å². The van der Waals surface area contributed by atoms with Crippen LogP contribution in [0.25, 0.3) is 0 Å². The average molecular weight is 196 g/mol. The van der Waals surface area contributed by atoms with E-state index in [1.165, 1.54) is 0 Å². The summed E-state index contributed by atoms with van der Waals surface area (Å²) in [6.07, 6.45) is 2.63. The lowest BCUT2D eigenvalue weighted by molar-refractivity contribution is -0.117. The maximum Gasteiger partial charge on any atom is 0.242 e. The minimum Gasteiger partial charge on any atom is -0.320 e. The third-order valence-electron chi connectivity index (χ3n) is 1.82. The van der Waals surface area contributed by atoms with Gasteiger partial charge in [0.25, 0.3) is 0 Å². The maximum atomic E-state index is 11.3. The fraction of sp³-hybridized carbons (Fsp3) is 0.556. The molecule has 0 aliphatic carbocycles. The van der Waals surface area contributed by atoms with Gasteiger partial charge in [0.05, 0.1) is 12.2 Å². The van der Waals surface area contributed by atoms with Gasteiger partial charge in [-0.2, -0.15) is 5.10 Å². The molecule has 5 heteroatoms. The number of carbonyl (C=O) groups is 1. The van der Waals surface area contributed by atoms with Crippen molar-refractivity contribution in [2.75, 3.05) is 5.32 Å².